The quantitative estimate of drug-likeness (QED) is 0.864. The highest BCUT2D eigenvalue weighted by Crippen LogP contribution is 2.26. The predicted octanol–water partition coefficient (Wildman–Crippen LogP) is 4.16. The maximum Gasteiger partial charge on any atom is 0.255 e. The van der Waals surface area contributed by atoms with E-state index in [1.54, 1.807) is 0 Å². The fraction of sp³-hybridized carbons (Fsp3) is 0.0714. The first-order valence-electron chi connectivity index (χ1n) is 5.86. The lowest BCUT2D eigenvalue weighted by Crippen LogP contribution is -2.14. The topological polar surface area (TPSA) is 41.1 Å². The van der Waals surface area contributed by atoms with Gasteiger partial charge >= 0.3 is 0 Å². The van der Waals surface area contributed by atoms with Crippen molar-refractivity contribution in [1.82, 2.24) is 0 Å². The van der Waals surface area contributed by atoms with E-state index >= 15 is 0 Å². The zero-order chi connectivity index (χ0) is 15.6. The third-order valence-electron chi connectivity index (χ3n) is 2.76. The summed E-state index contributed by atoms with van der Waals surface area (Å²) in [5.74, 6) is -3.29. The summed E-state index contributed by atoms with van der Waals surface area (Å²) >= 11 is 3.09. The molecule has 2 aromatic rings. The Kier molecular flexibility index (Phi) is 4.52. The summed E-state index contributed by atoms with van der Waals surface area (Å²) < 4.78 is 41.1. The van der Waals surface area contributed by atoms with Gasteiger partial charge in [0.25, 0.3) is 5.91 Å². The second-order valence-corrected chi connectivity index (χ2v) is 4.97. The van der Waals surface area contributed by atoms with Crippen LogP contribution < -0.4 is 10.6 Å². The van der Waals surface area contributed by atoms with Gasteiger partial charge in [-0.05, 0) is 40.2 Å². The van der Waals surface area contributed by atoms with E-state index in [2.05, 4.69) is 26.6 Å². The number of rotatable bonds is 3. The van der Waals surface area contributed by atoms with Crippen LogP contribution in [0.1, 0.15) is 10.4 Å². The molecule has 0 bridgehead atoms. The summed E-state index contributed by atoms with van der Waals surface area (Å²) in [7, 11) is 1.36. The zero-order valence-corrected chi connectivity index (χ0v) is 12.4. The molecule has 7 heteroatoms. The van der Waals surface area contributed by atoms with E-state index in [9.17, 15) is 18.0 Å². The molecule has 0 atom stereocenters. The number of anilines is 2. The van der Waals surface area contributed by atoms with Crippen molar-refractivity contribution in [2.24, 2.45) is 0 Å². The molecular formula is C14H10BrF3N2O. The predicted molar refractivity (Wildman–Crippen MR) is 78.0 cm³/mol. The molecular weight excluding hydrogens is 349 g/mol. The molecule has 21 heavy (non-hydrogen) atoms. The highest BCUT2D eigenvalue weighted by atomic mass is 79.9. The van der Waals surface area contributed by atoms with Crippen LogP contribution >= 0.6 is 15.9 Å². The standard InChI is InChI=1S/C14H10BrF3N2O/c1-19-13-10(17)5-7(6-11(13)18)14(21)20-12-8(15)3-2-4-9(12)16/h2-6,19H,1H3,(H,20,21). The number of carbonyl (C=O) groups excluding carboxylic acids is 1. The third kappa shape index (κ3) is 3.18. The number of hydrogen-bond donors (Lipinski definition) is 2. The van der Waals surface area contributed by atoms with Crippen LogP contribution in [-0.2, 0) is 0 Å². The van der Waals surface area contributed by atoms with Gasteiger partial charge in [-0.2, -0.15) is 0 Å². The minimum absolute atomic E-state index is 0.0963. The molecule has 0 spiro atoms. The van der Waals surface area contributed by atoms with Crippen LogP contribution in [0.2, 0.25) is 0 Å². The van der Waals surface area contributed by atoms with E-state index in [0.717, 1.165) is 18.2 Å². The maximum atomic E-state index is 13.6. The molecule has 2 N–H and O–H groups in total. The minimum Gasteiger partial charge on any atom is -0.383 e. The number of carbonyl (C=O) groups is 1. The molecule has 0 aliphatic rings. The van der Waals surface area contributed by atoms with Crippen molar-refractivity contribution in [2.45, 2.75) is 0 Å². The molecule has 3 nitrogen and oxygen atoms in total. The van der Waals surface area contributed by atoms with Crippen LogP contribution in [0.5, 0.6) is 0 Å². The van der Waals surface area contributed by atoms with Crippen LogP contribution in [0, 0.1) is 17.5 Å². The van der Waals surface area contributed by atoms with Gasteiger partial charge in [-0.25, -0.2) is 13.2 Å². The van der Waals surface area contributed by atoms with Gasteiger partial charge in [0, 0.05) is 17.1 Å². The average Bonchev–Trinajstić information content (AvgIpc) is 2.42. The Labute approximate surface area is 127 Å². The summed E-state index contributed by atoms with van der Waals surface area (Å²) in [6.45, 7) is 0. The van der Waals surface area contributed by atoms with Crippen LogP contribution in [0.3, 0.4) is 0 Å². The smallest absolute Gasteiger partial charge is 0.255 e. The van der Waals surface area contributed by atoms with Gasteiger partial charge in [-0.1, -0.05) is 6.07 Å². The molecule has 0 fully saturated rings. The van der Waals surface area contributed by atoms with E-state index in [1.165, 1.54) is 19.2 Å². The highest BCUT2D eigenvalue weighted by molar-refractivity contribution is 9.10. The van der Waals surface area contributed by atoms with E-state index in [0.29, 0.717) is 4.47 Å². The minimum atomic E-state index is -0.907. The number of para-hydroxylation sites is 1. The molecule has 0 aliphatic heterocycles. The fourth-order valence-electron chi connectivity index (χ4n) is 1.75. The Balaban J connectivity index is 2.33. The Morgan fingerprint density at radius 1 is 1.05 bits per heavy atom. The second-order valence-electron chi connectivity index (χ2n) is 4.12. The van der Waals surface area contributed by atoms with Gasteiger partial charge in [-0.15, -0.1) is 0 Å². The molecule has 1 amide bonds. The summed E-state index contributed by atoms with van der Waals surface area (Å²) in [6, 6.07) is 5.89. The molecule has 0 radical (unpaired) electrons. The lowest BCUT2D eigenvalue weighted by Gasteiger charge is -2.10. The largest absolute Gasteiger partial charge is 0.383 e. The van der Waals surface area contributed by atoms with Gasteiger partial charge in [-0.3, -0.25) is 4.79 Å². The number of amides is 1. The summed E-state index contributed by atoms with van der Waals surface area (Å²) in [6.07, 6.45) is 0. The third-order valence-corrected chi connectivity index (χ3v) is 3.42. The molecule has 0 heterocycles. The number of hydrogen-bond acceptors (Lipinski definition) is 2. The van der Waals surface area contributed by atoms with Crippen LogP contribution in [0.4, 0.5) is 24.5 Å². The molecule has 2 rings (SSSR count). The van der Waals surface area contributed by atoms with Crippen LogP contribution in [-0.4, -0.2) is 13.0 Å². The van der Waals surface area contributed by atoms with Crippen molar-refractivity contribution in [3.8, 4) is 0 Å². The molecule has 0 saturated carbocycles. The average molecular weight is 359 g/mol. The Bertz CT molecular complexity index is 663. The Morgan fingerprint density at radius 2 is 1.67 bits per heavy atom. The van der Waals surface area contributed by atoms with Crippen molar-refractivity contribution in [2.75, 3.05) is 17.7 Å². The molecule has 2 aromatic carbocycles. The van der Waals surface area contributed by atoms with Gasteiger partial charge in [0.2, 0.25) is 0 Å². The van der Waals surface area contributed by atoms with Crippen molar-refractivity contribution in [3.63, 3.8) is 0 Å². The first kappa shape index (κ1) is 15.4. The molecule has 0 aliphatic carbocycles. The number of benzene rings is 2. The lowest BCUT2D eigenvalue weighted by molar-refractivity contribution is 0.102. The fourth-order valence-corrected chi connectivity index (χ4v) is 2.19. The van der Waals surface area contributed by atoms with Crippen molar-refractivity contribution in [1.29, 1.82) is 0 Å². The summed E-state index contributed by atoms with van der Waals surface area (Å²) in [5.41, 5.74) is -0.682. The second kappa shape index (κ2) is 6.17. The molecule has 0 unspecified atom stereocenters. The molecule has 0 saturated heterocycles. The van der Waals surface area contributed by atoms with Gasteiger partial charge in [0.05, 0.1) is 5.69 Å². The SMILES string of the molecule is CNc1c(F)cc(C(=O)Nc2c(F)cccc2Br)cc1F. The highest BCUT2D eigenvalue weighted by Gasteiger charge is 2.16. The summed E-state index contributed by atoms with van der Waals surface area (Å²) in [5, 5.41) is 4.62. The maximum absolute atomic E-state index is 13.6. The van der Waals surface area contributed by atoms with E-state index < -0.39 is 23.4 Å². The van der Waals surface area contributed by atoms with Crippen molar-refractivity contribution < 1.29 is 18.0 Å². The zero-order valence-electron chi connectivity index (χ0n) is 10.8. The monoisotopic (exact) mass is 358 g/mol. The van der Waals surface area contributed by atoms with Crippen LogP contribution in [0.15, 0.2) is 34.8 Å². The van der Waals surface area contributed by atoms with E-state index in [1.807, 2.05) is 0 Å². The number of halogens is 4. The molecule has 110 valence electrons. The van der Waals surface area contributed by atoms with Crippen molar-refractivity contribution >= 4 is 33.2 Å². The first-order chi connectivity index (χ1) is 9.93. The van der Waals surface area contributed by atoms with Gasteiger partial charge in [0.15, 0.2) is 0 Å². The summed E-state index contributed by atoms with van der Waals surface area (Å²) in [4.78, 5) is 12.0. The van der Waals surface area contributed by atoms with Gasteiger partial charge in [0.1, 0.15) is 23.1 Å². The van der Waals surface area contributed by atoms with Crippen LogP contribution in [0.25, 0.3) is 0 Å². The van der Waals surface area contributed by atoms with Crippen molar-refractivity contribution in [3.05, 3.63) is 57.8 Å². The van der Waals surface area contributed by atoms with E-state index in [4.69, 9.17) is 0 Å². The molecule has 0 aromatic heterocycles. The Morgan fingerprint density at radius 3 is 2.19 bits per heavy atom. The van der Waals surface area contributed by atoms with Gasteiger partial charge < -0.3 is 10.6 Å². The van der Waals surface area contributed by atoms with E-state index in [-0.39, 0.29) is 16.9 Å². The lowest BCUT2D eigenvalue weighted by atomic mass is 10.1. The Hall–Kier alpha value is -2.02. The normalized spacial score (nSPS) is 10.3. The first-order valence-corrected chi connectivity index (χ1v) is 6.65. The number of nitrogens with one attached hydrogen (secondary N) is 2.